The zero-order chi connectivity index (χ0) is 12.7. The van der Waals surface area contributed by atoms with Crippen LogP contribution in [-0.4, -0.2) is 60.6 Å². The molecule has 1 heterocycles. The van der Waals surface area contributed by atoms with Gasteiger partial charge < -0.3 is 15.7 Å². The van der Waals surface area contributed by atoms with Crippen LogP contribution in [0.5, 0.6) is 0 Å². The van der Waals surface area contributed by atoms with Crippen LogP contribution >= 0.6 is 0 Å². The van der Waals surface area contributed by atoms with Gasteiger partial charge in [-0.2, -0.15) is 0 Å². The number of amides is 1. The number of nitrogens with one attached hydrogen (secondary N) is 2. The van der Waals surface area contributed by atoms with Crippen molar-refractivity contribution in [3.05, 3.63) is 0 Å². The van der Waals surface area contributed by atoms with Crippen LogP contribution in [0, 0.1) is 0 Å². The summed E-state index contributed by atoms with van der Waals surface area (Å²) < 4.78 is 0. The van der Waals surface area contributed by atoms with Gasteiger partial charge in [-0.25, -0.2) is 0 Å². The van der Waals surface area contributed by atoms with Crippen molar-refractivity contribution in [1.82, 2.24) is 15.5 Å². The predicted octanol–water partition coefficient (Wildman–Crippen LogP) is -0.739. The first kappa shape index (κ1) is 13.9. The maximum Gasteiger partial charge on any atom is 0.303 e. The van der Waals surface area contributed by atoms with E-state index in [-0.39, 0.29) is 12.3 Å². The highest BCUT2D eigenvalue weighted by Gasteiger charge is 2.24. The van der Waals surface area contributed by atoms with E-state index in [1.165, 1.54) is 0 Å². The monoisotopic (exact) mass is 243 g/mol. The van der Waals surface area contributed by atoms with Gasteiger partial charge in [-0.05, 0) is 13.0 Å². The van der Waals surface area contributed by atoms with Crippen molar-refractivity contribution in [1.29, 1.82) is 0 Å². The Morgan fingerprint density at radius 2 is 2.18 bits per heavy atom. The molecule has 0 saturated carbocycles. The molecule has 3 N–H and O–H groups in total. The van der Waals surface area contributed by atoms with Gasteiger partial charge in [-0.1, -0.05) is 6.92 Å². The molecule has 6 heteroatoms. The number of carboxylic acids is 1. The molecule has 0 radical (unpaired) electrons. The number of hydrogen-bond donors (Lipinski definition) is 3. The third kappa shape index (κ3) is 5.14. The fourth-order valence-electron chi connectivity index (χ4n) is 1.74. The Morgan fingerprint density at radius 1 is 1.47 bits per heavy atom. The lowest BCUT2D eigenvalue weighted by atomic mass is 10.1. The van der Waals surface area contributed by atoms with Gasteiger partial charge in [0.2, 0.25) is 5.91 Å². The maximum absolute atomic E-state index is 11.6. The van der Waals surface area contributed by atoms with Gasteiger partial charge in [0.15, 0.2) is 0 Å². The van der Waals surface area contributed by atoms with Gasteiger partial charge in [0.1, 0.15) is 0 Å². The molecule has 1 rings (SSSR count). The first-order valence-corrected chi connectivity index (χ1v) is 6.06. The minimum Gasteiger partial charge on any atom is -0.481 e. The largest absolute Gasteiger partial charge is 0.481 e. The van der Waals surface area contributed by atoms with Crippen LogP contribution in [-0.2, 0) is 9.59 Å². The average molecular weight is 243 g/mol. The molecule has 98 valence electrons. The summed E-state index contributed by atoms with van der Waals surface area (Å²) in [6.45, 7) is 5.62. The van der Waals surface area contributed by atoms with Gasteiger partial charge in [-0.3, -0.25) is 14.5 Å². The SMILES string of the molecule is CCN(CC(=O)NCCCC(=O)O)C1CNC1. The summed E-state index contributed by atoms with van der Waals surface area (Å²) in [5.41, 5.74) is 0. The molecule has 0 aliphatic carbocycles. The van der Waals surface area contributed by atoms with E-state index in [1.54, 1.807) is 0 Å². The minimum atomic E-state index is -0.824. The molecule has 0 aromatic carbocycles. The summed E-state index contributed by atoms with van der Waals surface area (Å²) in [7, 11) is 0. The Labute approximate surface area is 101 Å². The summed E-state index contributed by atoms with van der Waals surface area (Å²) >= 11 is 0. The van der Waals surface area contributed by atoms with Crippen LogP contribution < -0.4 is 10.6 Å². The molecule has 1 amide bonds. The van der Waals surface area contributed by atoms with Crippen molar-refractivity contribution < 1.29 is 14.7 Å². The topological polar surface area (TPSA) is 81.7 Å². The van der Waals surface area contributed by atoms with Crippen molar-refractivity contribution >= 4 is 11.9 Å². The predicted molar refractivity (Wildman–Crippen MR) is 63.8 cm³/mol. The Balaban J connectivity index is 2.12. The van der Waals surface area contributed by atoms with Crippen LogP contribution in [0.25, 0.3) is 0 Å². The van der Waals surface area contributed by atoms with Crippen molar-refractivity contribution in [2.45, 2.75) is 25.8 Å². The van der Waals surface area contributed by atoms with E-state index < -0.39 is 5.97 Å². The Morgan fingerprint density at radius 3 is 2.65 bits per heavy atom. The lowest BCUT2D eigenvalue weighted by Gasteiger charge is -2.37. The molecule has 1 saturated heterocycles. The molecule has 0 unspecified atom stereocenters. The second-order valence-electron chi connectivity index (χ2n) is 4.22. The third-order valence-corrected chi connectivity index (χ3v) is 2.92. The number of rotatable bonds is 8. The number of likely N-dealkylation sites (N-methyl/N-ethyl adjacent to an activating group) is 1. The van der Waals surface area contributed by atoms with E-state index in [1.807, 2.05) is 6.92 Å². The van der Waals surface area contributed by atoms with Crippen LogP contribution in [0.3, 0.4) is 0 Å². The number of nitrogens with zero attached hydrogens (tertiary/aromatic N) is 1. The van der Waals surface area contributed by atoms with Gasteiger partial charge in [0.05, 0.1) is 6.54 Å². The number of hydrogen-bond acceptors (Lipinski definition) is 4. The molecular formula is C11H21N3O3. The zero-order valence-corrected chi connectivity index (χ0v) is 10.2. The molecule has 1 aliphatic rings. The maximum atomic E-state index is 11.6. The highest BCUT2D eigenvalue weighted by Crippen LogP contribution is 2.03. The average Bonchev–Trinajstić information content (AvgIpc) is 2.20. The molecule has 1 fully saturated rings. The van der Waals surface area contributed by atoms with Crippen LogP contribution in [0.15, 0.2) is 0 Å². The molecule has 17 heavy (non-hydrogen) atoms. The van der Waals surface area contributed by atoms with Crippen molar-refractivity contribution in [2.24, 2.45) is 0 Å². The molecule has 0 atom stereocenters. The summed E-state index contributed by atoms with van der Waals surface area (Å²) in [6.07, 6.45) is 0.586. The second kappa shape index (κ2) is 7.24. The van der Waals surface area contributed by atoms with Crippen LogP contribution in [0.1, 0.15) is 19.8 Å². The molecule has 0 aromatic heterocycles. The Bertz CT molecular complexity index is 267. The lowest BCUT2D eigenvalue weighted by Crippen LogP contribution is -2.58. The van der Waals surface area contributed by atoms with Crippen molar-refractivity contribution in [3.63, 3.8) is 0 Å². The van der Waals surface area contributed by atoms with E-state index >= 15 is 0 Å². The first-order chi connectivity index (χ1) is 8.13. The van der Waals surface area contributed by atoms with Gasteiger partial charge >= 0.3 is 5.97 Å². The van der Waals surface area contributed by atoms with Gasteiger partial charge in [0.25, 0.3) is 0 Å². The quantitative estimate of drug-likeness (QED) is 0.489. The fourth-order valence-corrected chi connectivity index (χ4v) is 1.74. The molecule has 1 aliphatic heterocycles. The third-order valence-electron chi connectivity index (χ3n) is 2.92. The summed E-state index contributed by atoms with van der Waals surface area (Å²) in [5.74, 6) is -0.848. The fraction of sp³-hybridized carbons (Fsp3) is 0.818. The van der Waals surface area contributed by atoms with E-state index in [4.69, 9.17) is 5.11 Å². The van der Waals surface area contributed by atoms with Crippen molar-refractivity contribution in [3.8, 4) is 0 Å². The minimum absolute atomic E-state index is 0.0239. The normalized spacial score (nSPS) is 15.6. The number of carbonyl (C=O) groups excluding carboxylic acids is 1. The lowest BCUT2D eigenvalue weighted by molar-refractivity contribution is -0.137. The van der Waals surface area contributed by atoms with E-state index in [0.717, 1.165) is 19.6 Å². The van der Waals surface area contributed by atoms with E-state index in [0.29, 0.717) is 25.6 Å². The molecular weight excluding hydrogens is 222 g/mol. The zero-order valence-electron chi connectivity index (χ0n) is 10.2. The second-order valence-corrected chi connectivity index (χ2v) is 4.22. The molecule has 0 aromatic rings. The smallest absolute Gasteiger partial charge is 0.303 e. The van der Waals surface area contributed by atoms with Crippen molar-refractivity contribution in [2.75, 3.05) is 32.7 Å². The molecule has 0 spiro atoms. The van der Waals surface area contributed by atoms with Crippen LogP contribution in [0.2, 0.25) is 0 Å². The van der Waals surface area contributed by atoms with E-state index in [2.05, 4.69) is 15.5 Å². The molecule has 0 bridgehead atoms. The highest BCUT2D eigenvalue weighted by atomic mass is 16.4. The number of carbonyl (C=O) groups is 2. The van der Waals surface area contributed by atoms with E-state index in [9.17, 15) is 9.59 Å². The van der Waals surface area contributed by atoms with Gasteiger partial charge in [-0.15, -0.1) is 0 Å². The highest BCUT2D eigenvalue weighted by molar-refractivity contribution is 5.78. The standard InChI is InChI=1S/C11H21N3O3/c1-2-14(9-6-12-7-9)8-10(15)13-5-3-4-11(16)17/h9,12H,2-8H2,1H3,(H,13,15)(H,16,17). The summed E-state index contributed by atoms with van der Waals surface area (Å²) in [4.78, 5) is 24.0. The number of carboxylic acid groups (broad SMARTS) is 1. The molecule has 6 nitrogen and oxygen atoms in total. The van der Waals surface area contributed by atoms with Crippen LogP contribution in [0.4, 0.5) is 0 Å². The summed E-state index contributed by atoms with van der Waals surface area (Å²) in [5, 5.41) is 14.4. The summed E-state index contributed by atoms with van der Waals surface area (Å²) in [6, 6.07) is 0.463. The number of aliphatic carboxylic acids is 1. The van der Waals surface area contributed by atoms with Gasteiger partial charge in [0, 0.05) is 32.1 Å². The first-order valence-electron chi connectivity index (χ1n) is 6.06. The Hall–Kier alpha value is -1.14. The Kier molecular flexibility index (Phi) is 5.93.